The van der Waals surface area contributed by atoms with Crippen molar-refractivity contribution in [3.63, 3.8) is 0 Å². The van der Waals surface area contributed by atoms with Crippen LogP contribution in [0, 0.1) is 0 Å². The summed E-state index contributed by atoms with van der Waals surface area (Å²) in [5.74, 6) is 0. The molecule has 0 aliphatic rings. The van der Waals surface area contributed by atoms with Gasteiger partial charge in [0.05, 0.1) is 11.4 Å². The summed E-state index contributed by atoms with van der Waals surface area (Å²) >= 11 is 0. The Morgan fingerprint density at radius 2 is 0.957 bits per heavy atom. The number of hydrogen-bond acceptors (Lipinski definition) is 8. The first kappa shape index (κ1) is 26.1. The number of oxime groups is 4. The van der Waals surface area contributed by atoms with Gasteiger partial charge < -0.3 is 19.9 Å². The molecule has 0 aliphatic heterocycles. The van der Waals surface area contributed by atoms with Crippen molar-refractivity contribution in [2.24, 2.45) is 20.6 Å². The van der Waals surface area contributed by atoms with Gasteiger partial charge >= 0.3 is 31.7 Å². The van der Waals surface area contributed by atoms with Gasteiger partial charge in [0, 0.05) is 0 Å². The van der Waals surface area contributed by atoms with Gasteiger partial charge in [0.2, 0.25) is 0 Å². The van der Waals surface area contributed by atoms with E-state index in [2.05, 4.69) is 30.1 Å². The maximum Gasteiger partial charge on any atom is 2.00 e. The van der Waals surface area contributed by atoms with Crippen LogP contribution in [0.1, 0.15) is 27.7 Å². The van der Waals surface area contributed by atoms with E-state index in [9.17, 15) is 17.3 Å². The first-order chi connectivity index (χ1) is 10.1. The predicted molar refractivity (Wildman–Crippen MR) is 74.1 cm³/mol. The molecule has 2 N–H and O–H groups in total. The molecule has 8 nitrogen and oxygen atoms in total. The Labute approximate surface area is 140 Å². The molecule has 0 amide bonds. The summed E-state index contributed by atoms with van der Waals surface area (Å²) in [5.41, 5.74) is 0.469. The third-order valence-electron chi connectivity index (χ3n) is 1.89. The van der Waals surface area contributed by atoms with Crippen LogP contribution in [-0.4, -0.2) is 48.2 Å². The zero-order chi connectivity index (χ0) is 17.7. The van der Waals surface area contributed by atoms with Crippen LogP contribution >= 0.6 is 0 Å². The van der Waals surface area contributed by atoms with Gasteiger partial charge in [0.1, 0.15) is 11.4 Å². The van der Waals surface area contributed by atoms with Crippen molar-refractivity contribution in [2.75, 3.05) is 0 Å². The molecule has 0 heterocycles. The second kappa shape index (κ2) is 15.1. The van der Waals surface area contributed by atoms with E-state index in [-0.39, 0.29) is 39.6 Å². The third-order valence-corrected chi connectivity index (χ3v) is 1.89. The van der Waals surface area contributed by atoms with E-state index in [0.717, 1.165) is 0 Å². The fourth-order valence-electron chi connectivity index (χ4n) is 0.515. The van der Waals surface area contributed by atoms with Crippen molar-refractivity contribution in [1.29, 1.82) is 0 Å². The smallest absolute Gasteiger partial charge is 0.411 e. The SMILES string of the molecule is CC(=NO)C(C)=NOB(F)F.CC(=NO)C(C)=NOB(F)F.[Co+2]. The molecule has 0 atom stereocenters. The average Bonchev–Trinajstić information content (AvgIpc) is 2.48. The van der Waals surface area contributed by atoms with Crippen LogP contribution in [0.25, 0.3) is 0 Å². The van der Waals surface area contributed by atoms with E-state index >= 15 is 0 Å². The van der Waals surface area contributed by atoms with E-state index in [0.29, 0.717) is 0 Å². The second-order valence-corrected chi connectivity index (χ2v) is 3.46. The molecule has 0 aliphatic carbocycles. The number of rotatable bonds is 6. The Hall–Kier alpha value is -1.76. The Bertz CT molecular complexity index is 412. The molecule has 131 valence electrons. The summed E-state index contributed by atoms with van der Waals surface area (Å²) in [6.45, 7) is 5.59. The first-order valence-corrected chi connectivity index (χ1v) is 5.50. The maximum atomic E-state index is 11.3. The van der Waals surface area contributed by atoms with E-state index in [4.69, 9.17) is 10.4 Å². The minimum absolute atomic E-state index is 0. The minimum Gasteiger partial charge on any atom is -0.411 e. The van der Waals surface area contributed by atoms with Crippen molar-refractivity contribution >= 4 is 37.8 Å². The van der Waals surface area contributed by atoms with Crippen LogP contribution in [0.15, 0.2) is 20.6 Å². The van der Waals surface area contributed by atoms with Crippen molar-refractivity contribution in [3.05, 3.63) is 0 Å². The molecular weight excluding hydrogens is 373 g/mol. The molecule has 0 unspecified atom stereocenters. The molecule has 0 aromatic heterocycles. The van der Waals surface area contributed by atoms with Gasteiger partial charge in [-0.05, 0) is 27.7 Å². The molecule has 0 aromatic rings. The van der Waals surface area contributed by atoms with Crippen LogP contribution < -0.4 is 0 Å². The zero-order valence-electron chi connectivity index (χ0n) is 12.5. The van der Waals surface area contributed by atoms with E-state index in [1.165, 1.54) is 27.7 Å². The van der Waals surface area contributed by atoms with Crippen LogP contribution in [0.3, 0.4) is 0 Å². The molecule has 0 rings (SSSR count). The van der Waals surface area contributed by atoms with Gasteiger partial charge in [0.15, 0.2) is 0 Å². The molecule has 23 heavy (non-hydrogen) atoms. The Kier molecular flexibility index (Phi) is 17.2. The van der Waals surface area contributed by atoms with Gasteiger partial charge in [-0.3, -0.25) is 0 Å². The van der Waals surface area contributed by atoms with Crippen LogP contribution in [0.4, 0.5) is 17.3 Å². The van der Waals surface area contributed by atoms with Gasteiger partial charge in [0.25, 0.3) is 0 Å². The largest absolute Gasteiger partial charge is 2.00 e. The second-order valence-electron chi connectivity index (χ2n) is 3.46. The number of halogens is 4. The van der Waals surface area contributed by atoms with E-state index in [1.54, 1.807) is 0 Å². The summed E-state index contributed by atoms with van der Waals surface area (Å²) in [7, 11) is -5.90. The standard InChI is InChI=1S/2C4H7BF2N2O2.Co/c2*1-3(8-10)4(2)9-11-5(6)7;/h2*10H,1-2H3;/q;;+2. The van der Waals surface area contributed by atoms with Crippen molar-refractivity contribution in [3.8, 4) is 0 Å². The van der Waals surface area contributed by atoms with Gasteiger partial charge in [-0.2, -0.15) is 0 Å². The summed E-state index contributed by atoms with van der Waals surface area (Å²) in [5, 5.41) is 27.7. The quantitative estimate of drug-likeness (QED) is 0.240. The summed E-state index contributed by atoms with van der Waals surface area (Å²) in [4.78, 5) is 0. The summed E-state index contributed by atoms with van der Waals surface area (Å²) in [6, 6.07) is 0. The average molecular weight is 387 g/mol. The van der Waals surface area contributed by atoms with Gasteiger partial charge in [-0.1, -0.05) is 10.3 Å². The molecule has 0 fully saturated rings. The maximum absolute atomic E-state index is 11.3. The summed E-state index contributed by atoms with van der Waals surface area (Å²) in [6.07, 6.45) is 0. The Morgan fingerprint density at radius 1 is 0.696 bits per heavy atom. The molecular formula is C8H14B2CoF4N4O4+2. The Balaban J connectivity index is -0.000000333. The molecule has 0 spiro atoms. The topological polar surface area (TPSA) is 108 Å². The van der Waals surface area contributed by atoms with Gasteiger partial charge in [-0.25, -0.2) is 17.3 Å². The monoisotopic (exact) mass is 387 g/mol. The van der Waals surface area contributed by atoms with E-state index in [1.807, 2.05) is 0 Å². The Morgan fingerprint density at radius 3 is 1.13 bits per heavy atom. The van der Waals surface area contributed by atoms with Gasteiger partial charge in [-0.15, -0.1) is 10.3 Å². The first-order valence-electron chi connectivity index (χ1n) is 5.50. The third kappa shape index (κ3) is 16.4. The molecule has 15 heteroatoms. The molecule has 0 bridgehead atoms. The zero-order valence-corrected chi connectivity index (χ0v) is 13.5. The normalized spacial score (nSPS) is 12.5. The molecule has 1 radical (unpaired) electrons. The van der Waals surface area contributed by atoms with Crippen LogP contribution in [-0.2, 0) is 26.3 Å². The van der Waals surface area contributed by atoms with Crippen molar-refractivity contribution in [1.82, 2.24) is 0 Å². The molecule has 0 saturated heterocycles. The molecule has 0 saturated carbocycles. The fourth-order valence-corrected chi connectivity index (χ4v) is 0.515. The number of nitrogens with zero attached hydrogens (tertiary/aromatic N) is 4. The van der Waals surface area contributed by atoms with Crippen LogP contribution in [0.5, 0.6) is 0 Å². The van der Waals surface area contributed by atoms with Crippen molar-refractivity contribution < 1.29 is 54.0 Å². The van der Waals surface area contributed by atoms with Crippen LogP contribution in [0.2, 0.25) is 0 Å². The van der Waals surface area contributed by atoms with E-state index < -0.39 is 14.9 Å². The predicted octanol–water partition coefficient (Wildman–Crippen LogP) is 2.30. The van der Waals surface area contributed by atoms with Crippen molar-refractivity contribution in [2.45, 2.75) is 27.7 Å². The minimum atomic E-state index is -2.95. The summed E-state index contributed by atoms with van der Waals surface area (Å²) < 4.78 is 52.5. The molecule has 0 aromatic carbocycles. The fraction of sp³-hybridized carbons (Fsp3) is 0.500. The number of hydrogen-bond donors (Lipinski definition) is 2.